The van der Waals surface area contributed by atoms with Crippen LogP contribution in [0.3, 0.4) is 0 Å². The van der Waals surface area contributed by atoms with Gasteiger partial charge in [0.1, 0.15) is 0 Å². The molecule has 0 aromatic heterocycles. The summed E-state index contributed by atoms with van der Waals surface area (Å²) in [6, 6.07) is 4.13. The number of piperidine rings is 1. The van der Waals surface area contributed by atoms with Crippen LogP contribution in [0.15, 0.2) is 42.1 Å². The van der Waals surface area contributed by atoms with Crippen molar-refractivity contribution in [1.29, 1.82) is 0 Å². The highest BCUT2D eigenvalue weighted by Crippen LogP contribution is 2.36. The van der Waals surface area contributed by atoms with Crippen molar-refractivity contribution in [2.24, 2.45) is 0 Å². The maximum Gasteiger partial charge on any atom is 0.418 e. The number of nitrogens with two attached hydrogens (primary N) is 1. The lowest BCUT2D eigenvalue weighted by Crippen LogP contribution is -2.46. The molecule has 0 unspecified atom stereocenters. The Morgan fingerprint density at radius 3 is 2.43 bits per heavy atom. The van der Waals surface area contributed by atoms with E-state index in [1.807, 2.05) is 4.90 Å². The monoisotopic (exact) mass is 491 g/mol. The molecule has 6 nitrogen and oxygen atoms in total. The number of hydrogen-bond acceptors (Lipinski definition) is 5. The van der Waals surface area contributed by atoms with Gasteiger partial charge in [0.25, 0.3) is 0 Å². The maximum absolute atomic E-state index is 13.2. The Morgan fingerprint density at radius 2 is 1.77 bits per heavy atom. The molecule has 3 N–H and O–H groups in total. The summed E-state index contributed by atoms with van der Waals surface area (Å²) in [5, 5.41) is 3.12. The van der Waals surface area contributed by atoms with Gasteiger partial charge < -0.3 is 20.9 Å². The average molecular weight is 492 g/mol. The molecular formula is C26H36F3N5O. The van der Waals surface area contributed by atoms with E-state index in [1.54, 1.807) is 6.07 Å². The molecule has 35 heavy (non-hydrogen) atoms. The zero-order valence-corrected chi connectivity index (χ0v) is 20.2. The summed E-state index contributed by atoms with van der Waals surface area (Å²) >= 11 is 0. The standard InChI is InChI=1S/C26H36F3N5O/c27-26(28,29)23-19-22(8-9-24(23)30)33-13-10-20(11-14-33)31-25(35)7-4-12-32-15-17-34(18-16-32)21-5-2-1-3-6-21/h2,5-6,8-9,19-20H,1,3-4,7,10-18,30H2,(H,31,35). The van der Waals surface area contributed by atoms with Crippen molar-refractivity contribution in [3.63, 3.8) is 0 Å². The summed E-state index contributed by atoms with van der Waals surface area (Å²) in [6.45, 7) is 6.22. The van der Waals surface area contributed by atoms with Crippen molar-refractivity contribution in [2.45, 2.75) is 50.7 Å². The van der Waals surface area contributed by atoms with Crippen LogP contribution in [0.5, 0.6) is 0 Å². The predicted molar refractivity (Wildman–Crippen MR) is 133 cm³/mol. The van der Waals surface area contributed by atoms with Crippen LogP contribution < -0.4 is 16.0 Å². The molecule has 192 valence electrons. The van der Waals surface area contributed by atoms with Crippen LogP contribution >= 0.6 is 0 Å². The van der Waals surface area contributed by atoms with Crippen molar-refractivity contribution in [1.82, 2.24) is 15.1 Å². The number of nitrogens with one attached hydrogen (secondary N) is 1. The number of nitrogen functional groups attached to an aromatic ring is 1. The first-order valence-electron chi connectivity index (χ1n) is 12.6. The molecule has 4 rings (SSSR count). The third kappa shape index (κ3) is 6.93. The number of carbonyl (C=O) groups is 1. The van der Waals surface area contributed by atoms with Gasteiger partial charge in [0.05, 0.1) is 5.56 Å². The Bertz CT molecular complexity index is 929. The number of hydrogen-bond donors (Lipinski definition) is 2. The first-order chi connectivity index (χ1) is 16.8. The molecule has 1 aliphatic carbocycles. The third-order valence-corrected chi connectivity index (χ3v) is 7.16. The van der Waals surface area contributed by atoms with Crippen LogP contribution in [0.4, 0.5) is 24.5 Å². The molecule has 0 atom stereocenters. The maximum atomic E-state index is 13.2. The molecule has 0 bridgehead atoms. The molecule has 1 aromatic carbocycles. The Hall–Kier alpha value is -2.68. The van der Waals surface area contributed by atoms with Gasteiger partial charge in [-0.1, -0.05) is 12.2 Å². The number of anilines is 2. The molecule has 0 spiro atoms. The number of rotatable bonds is 7. The molecule has 0 radical (unpaired) electrons. The summed E-state index contributed by atoms with van der Waals surface area (Å²) in [5.41, 5.74) is 6.32. The normalized spacial score (nSPS) is 20.1. The van der Waals surface area contributed by atoms with Crippen LogP contribution in [0.1, 0.15) is 44.1 Å². The van der Waals surface area contributed by atoms with Crippen LogP contribution in [0.25, 0.3) is 0 Å². The summed E-state index contributed by atoms with van der Waals surface area (Å²) in [5.74, 6) is 0.0615. The smallest absolute Gasteiger partial charge is 0.398 e. The summed E-state index contributed by atoms with van der Waals surface area (Å²) in [6.07, 6.45) is 7.34. The van der Waals surface area contributed by atoms with Gasteiger partial charge in [-0.3, -0.25) is 9.69 Å². The zero-order chi connectivity index (χ0) is 24.8. The molecule has 3 aliphatic rings. The van der Waals surface area contributed by atoms with E-state index in [9.17, 15) is 18.0 Å². The largest absolute Gasteiger partial charge is 0.418 e. The van der Waals surface area contributed by atoms with E-state index in [2.05, 4.69) is 33.3 Å². The van der Waals surface area contributed by atoms with Crippen LogP contribution in [0.2, 0.25) is 0 Å². The molecule has 1 amide bonds. The first-order valence-corrected chi connectivity index (χ1v) is 12.6. The summed E-state index contributed by atoms with van der Waals surface area (Å²) in [4.78, 5) is 19.2. The Balaban J connectivity index is 1.13. The molecule has 9 heteroatoms. The lowest BCUT2D eigenvalue weighted by Gasteiger charge is -2.37. The SMILES string of the molecule is Nc1ccc(N2CCC(NC(=O)CCCN3CCN(C4=CCCC=C4)CC3)CC2)cc1C(F)(F)F. The summed E-state index contributed by atoms with van der Waals surface area (Å²) in [7, 11) is 0. The van der Waals surface area contributed by atoms with Crippen molar-refractivity contribution in [3.05, 3.63) is 47.7 Å². The highest BCUT2D eigenvalue weighted by molar-refractivity contribution is 5.76. The molecule has 2 heterocycles. The highest BCUT2D eigenvalue weighted by Gasteiger charge is 2.34. The summed E-state index contributed by atoms with van der Waals surface area (Å²) < 4.78 is 39.5. The van der Waals surface area contributed by atoms with Gasteiger partial charge in [0.2, 0.25) is 5.91 Å². The van der Waals surface area contributed by atoms with Gasteiger partial charge in [0.15, 0.2) is 0 Å². The number of amides is 1. The van der Waals surface area contributed by atoms with E-state index in [4.69, 9.17) is 5.73 Å². The lowest BCUT2D eigenvalue weighted by atomic mass is 10.0. The Kier molecular flexibility index (Phi) is 8.26. The number of alkyl halides is 3. The number of benzene rings is 1. The molecule has 2 aliphatic heterocycles. The average Bonchev–Trinajstić information content (AvgIpc) is 2.85. The van der Waals surface area contributed by atoms with Gasteiger partial charge >= 0.3 is 6.18 Å². The fourth-order valence-electron chi connectivity index (χ4n) is 5.10. The number of halogens is 3. The molecule has 2 saturated heterocycles. The zero-order valence-electron chi connectivity index (χ0n) is 20.2. The quantitative estimate of drug-likeness (QED) is 0.565. The Labute approximate surface area is 205 Å². The lowest BCUT2D eigenvalue weighted by molar-refractivity contribution is -0.136. The predicted octanol–water partition coefficient (Wildman–Crippen LogP) is 4.00. The number of piperazine rings is 1. The van der Waals surface area contributed by atoms with Crippen LogP contribution in [-0.4, -0.2) is 67.6 Å². The van der Waals surface area contributed by atoms with Gasteiger partial charge in [-0.2, -0.15) is 13.2 Å². The third-order valence-electron chi connectivity index (χ3n) is 7.16. The van der Waals surface area contributed by atoms with Gasteiger partial charge in [-0.25, -0.2) is 0 Å². The minimum atomic E-state index is -4.47. The number of nitrogens with zero attached hydrogens (tertiary/aromatic N) is 3. The second kappa shape index (κ2) is 11.4. The number of carbonyl (C=O) groups excluding carboxylic acids is 1. The van der Waals surface area contributed by atoms with Crippen LogP contribution in [0, 0.1) is 0 Å². The van der Waals surface area contributed by atoms with Gasteiger partial charge in [0, 0.05) is 68.8 Å². The topological polar surface area (TPSA) is 64.8 Å². The molecule has 0 saturated carbocycles. The van der Waals surface area contributed by atoms with E-state index < -0.39 is 11.7 Å². The Morgan fingerprint density at radius 1 is 1.03 bits per heavy atom. The second-order valence-corrected chi connectivity index (χ2v) is 9.64. The van der Waals surface area contributed by atoms with E-state index in [1.165, 1.54) is 11.8 Å². The van der Waals surface area contributed by atoms with Crippen molar-refractivity contribution in [3.8, 4) is 0 Å². The van der Waals surface area contributed by atoms with E-state index in [0.29, 0.717) is 38.0 Å². The van der Waals surface area contributed by atoms with Crippen molar-refractivity contribution >= 4 is 17.3 Å². The van der Waals surface area contributed by atoms with E-state index in [-0.39, 0.29) is 17.6 Å². The number of allylic oxidation sites excluding steroid dienone is 3. The molecular weight excluding hydrogens is 455 g/mol. The second-order valence-electron chi connectivity index (χ2n) is 9.64. The van der Waals surface area contributed by atoms with E-state index >= 15 is 0 Å². The van der Waals surface area contributed by atoms with Crippen molar-refractivity contribution in [2.75, 3.05) is 56.4 Å². The fourth-order valence-corrected chi connectivity index (χ4v) is 5.10. The molecule has 2 fully saturated rings. The van der Waals surface area contributed by atoms with Crippen molar-refractivity contribution < 1.29 is 18.0 Å². The first kappa shape index (κ1) is 25.4. The van der Waals surface area contributed by atoms with Gasteiger partial charge in [-0.05, 0) is 62.9 Å². The molecule has 1 aromatic rings. The highest BCUT2D eigenvalue weighted by atomic mass is 19.4. The van der Waals surface area contributed by atoms with Gasteiger partial charge in [-0.15, -0.1) is 0 Å². The minimum absolute atomic E-state index is 0.0615. The minimum Gasteiger partial charge on any atom is -0.398 e. The van der Waals surface area contributed by atoms with Crippen LogP contribution in [-0.2, 0) is 11.0 Å². The fraction of sp³-hybridized carbons (Fsp3) is 0.577. The van der Waals surface area contributed by atoms with E-state index in [0.717, 1.165) is 58.1 Å².